The van der Waals surface area contributed by atoms with E-state index in [1.807, 2.05) is 7.05 Å². The van der Waals surface area contributed by atoms with Gasteiger partial charge < -0.3 is 5.32 Å². The van der Waals surface area contributed by atoms with Crippen molar-refractivity contribution in [2.45, 2.75) is 38.0 Å². The summed E-state index contributed by atoms with van der Waals surface area (Å²) in [7, 11) is 1.93. The van der Waals surface area contributed by atoms with Crippen LogP contribution in [-0.4, -0.2) is 13.6 Å². The second-order valence-electron chi connectivity index (χ2n) is 5.22. The molecule has 0 spiro atoms. The summed E-state index contributed by atoms with van der Waals surface area (Å²) in [6.07, 6.45) is 5.96. The summed E-state index contributed by atoms with van der Waals surface area (Å²) < 4.78 is 26.4. The summed E-state index contributed by atoms with van der Waals surface area (Å²) >= 11 is 0. The molecule has 100 valence electrons. The van der Waals surface area contributed by atoms with Crippen LogP contribution in [0.25, 0.3) is 0 Å². The number of benzene rings is 1. The van der Waals surface area contributed by atoms with Crippen LogP contribution in [0.1, 0.15) is 43.6 Å². The van der Waals surface area contributed by atoms with Gasteiger partial charge in [-0.25, -0.2) is 8.78 Å². The van der Waals surface area contributed by atoms with Gasteiger partial charge >= 0.3 is 0 Å². The second kappa shape index (κ2) is 6.28. The van der Waals surface area contributed by atoms with Gasteiger partial charge in [-0.05, 0) is 62.4 Å². The highest BCUT2D eigenvalue weighted by molar-refractivity contribution is 5.23. The lowest BCUT2D eigenvalue weighted by Gasteiger charge is -2.24. The first-order valence-electron chi connectivity index (χ1n) is 6.82. The van der Waals surface area contributed by atoms with Crippen molar-refractivity contribution in [3.63, 3.8) is 0 Å². The van der Waals surface area contributed by atoms with Gasteiger partial charge in [0.2, 0.25) is 0 Å². The third-order valence-electron chi connectivity index (χ3n) is 4.05. The molecule has 3 heteroatoms. The van der Waals surface area contributed by atoms with Crippen LogP contribution in [0, 0.1) is 17.6 Å². The SMILES string of the molecule is CNCCC(c1ccc(F)c(F)c1)C1CCCC1. The Kier molecular flexibility index (Phi) is 4.70. The van der Waals surface area contributed by atoms with Gasteiger partial charge in [-0.15, -0.1) is 0 Å². The number of hydrogen-bond donors (Lipinski definition) is 1. The molecule has 1 aliphatic rings. The van der Waals surface area contributed by atoms with E-state index in [0.717, 1.165) is 18.5 Å². The van der Waals surface area contributed by atoms with Crippen LogP contribution < -0.4 is 5.32 Å². The molecule has 1 unspecified atom stereocenters. The Balaban J connectivity index is 2.17. The Bertz CT molecular complexity index is 386. The van der Waals surface area contributed by atoms with Crippen molar-refractivity contribution < 1.29 is 8.78 Å². The minimum Gasteiger partial charge on any atom is -0.320 e. The van der Waals surface area contributed by atoms with Crippen molar-refractivity contribution >= 4 is 0 Å². The Morgan fingerprint density at radius 2 is 1.94 bits per heavy atom. The first-order chi connectivity index (χ1) is 8.72. The summed E-state index contributed by atoms with van der Waals surface area (Å²) in [6.45, 7) is 0.917. The number of hydrogen-bond acceptors (Lipinski definition) is 1. The lowest BCUT2D eigenvalue weighted by atomic mass is 9.82. The van der Waals surface area contributed by atoms with Crippen LogP contribution in [0.4, 0.5) is 8.78 Å². The Morgan fingerprint density at radius 3 is 2.56 bits per heavy atom. The van der Waals surface area contributed by atoms with Crippen LogP contribution in [0.2, 0.25) is 0 Å². The quantitative estimate of drug-likeness (QED) is 0.840. The molecule has 1 saturated carbocycles. The van der Waals surface area contributed by atoms with E-state index in [9.17, 15) is 8.78 Å². The van der Waals surface area contributed by atoms with E-state index in [-0.39, 0.29) is 0 Å². The molecular formula is C15H21F2N. The van der Waals surface area contributed by atoms with Gasteiger partial charge in [0.05, 0.1) is 0 Å². The van der Waals surface area contributed by atoms with E-state index in [0.29, 0.717) is 11.8 Å². The summed E-state index contributed by atoms with van der Waals surface area (Å²) in [5, 5.41) is 3.15. The highest BCUT2D eigenvalue weighted by Gasteiger charge is 2.26. The van der Waals surface area contributed by atoms with Crippen LogP contribution in [0.3, 0.4) is 0 Å². The van der Waals surface area contributed by atoms with E-state index < -0.39 is 11.6 Å². The number of halogens is 2. The molecule has 0 heterocycles. The van der Waals surface area contributed by atoms with Crippen LogP contribution >= 0.6 is 0 Å². The van der Waals surface area contributed by atoms with Gasteiger partial charge in [-0.1, -0.05) is 18.9 Å². The first kappa shape index (κ1) is 13.5. The highest BCUT2D eigenvalue weighted by Crippen LogP contribution is 2.39. The predicted octanol–water partition coefficient (Wildman–Crippen LogP) is 3.85. The molecule has 2 rings (SSSR count). The van der Waals surface area contributed by atoms with Crippen molar-refractivity contribution in [3.8, 4) is 0 Å². The van der Waals surface area contributed by atoms with Gasteiger partial charge in [0.1, 0.15) is 0 Å². The summed E-state index contributed by atoms with van der Waals surface area (Å²) in [4.78, 5) is 0. The van der Waals surface area contributed by atoms with Crippen LogP contribution in [0.15, 0.2) is 18.2 Å². The molecule has 1 atom stereocenters. The fourth-order valence-electron chi connectivity index (χ4n) is 3.08. The van der Waals surface area contributed by atoms with Crippen molar-refractivity contribution in [2.75, 3.05) is 13.6 Å². The lowest BCUT2D eigenvalue weighted by molar-refractivity contribution is 0.404. The van der Waals surface area contributed by atoms with E-state index >= 15 is 0 Å². The van der Waals surface area contributed by atoms with E-state index in [4.69, 9.17) is 0 Å². The molecule has 0 aliphatic heterocycles. The highest BCUT2D eigenvalue weighted by atomic mass is 19.2. The van der Waals surface area contributed by atoms with Crippen LogP contribution in [0.5, 0.6) is 0 Å². The van der Waals surface area contributed by atoms with Crippen molar-refractivity contribution in [2.24, 2.45) is 5.92 Å². The topological polar surface area (TPSA) is 12.0 Å². The molecule has 1 aromatic rings. The van der Waals surface area contributed by atoms with Gasteiger partial charge in [-0.3, -0.25) is 0 Å². The first-order valence-corrected chi connectivity index (χ1v) is 6.82. The van der Waals surface area contributed by atoms with Gasteiger partial charge in [0.15, 0.2) is 11.6 Å². The molecular weight excluding hydrogens is 232 g/mol. The van der Waals surface area contributed by atoms with E-state index in [2.05, 4.69) is 5.32 Å². The number of nitrogens with one attached hydrogen (secondary N) is 1. The third kappa shape index (κ3) is 3.08. The standard InChI is InChI=1S/C15H21F2N/c1-18-9-8-13(11-4-2-3-5-11)12-6-7-14(16)15(17)10-12/h6-7,10-11,13,18H,2-5,8-9H2,1H3. The molecule has 0 amide bonds. The zero-order valence-corrected chi connectivity index (χ0v) is 10.9. The van der Waals surface area contributed by atoms with E-state index in [1.165, 1.54) is 37.8 Å². The number of rotatable bonds is 5. The predicted molar refractivity (Wildman–Crippen MR) is 69.6 cm³/mol. The maximum absolute atomic E-state index is 13.4. The fraction of sp³-hybridized carbons (Fsp3) is 0.600. The summed E-state index contributed by atoms with van der Waals surface area (Å²) in [6, 6.07) is 4.39. The molecule has 1 N–H and O–H groups in total. The van der Waals surface area contributed by atoms with Crippen molar-refractivity contribution in [1.29, 1.82) is 0 Å². The molecule has 0 aromatic heterocycles. The smallest absolute Gasteiger partial charge is 0.159 e. The molecule has 0 bridgehead atoms. The molecule has 1 fully saturated rings. The van der Waals surface area contributed by atoms with Gasteiger partial charge in [0.25, 0.3) is 0 Å². The molecule has 0 radical (unpaired) electrons. The Morgan fingerprint density at radius 1 is 1.22 bits per heavy atom. The third-order valence-corrected chi connectivity index (χ3v) is 4.05. The molecule has 0 saturated heterocycles. The largest absolute Gasteiger partial charge is 0.320 e. The molecule has 1 nitrogen and oxygen atoms in total. The molecule has 18 heavy (non-hydrogen) atoms. The van der Waals surface area contributed by atoms with E-state index in [1.54, 1.807) is 6.07 Å². The maximum atomic E-state index is 13.4. The normalized spacial score (nSPS) is 18.2. The minimum absolute atomic E-state index is 0.357. The average molecular weight is 253 g/mol. The summed E-state index contributed by atoms with van der Waals surface area (Å²) in [5.41, 5.74) is 0.955. The Labute approximate surface area is 108 Å². The average Bonchev–Trinajstić information content (AvgIpc) is 2.88. The fourth-order valence-corrected chi connectivity index (χ4v) is 3.08. The zero-order chi connectivity index (χ0) is 13.0. The van der Waals surface area contributed by atoms with Crippen molar-refractivity contribution in [3.05, 3.63) is 35.4 Å². The van der Waals surface area contributed by atoms with Gasteiger partial charge in [-0.2, -0.15) is 0 Å². The summed E-state index contributed by atoms with van der Waals surface area (Å²) in [5.74, 6) is -0.490. The molecule has 1 aliphatic carbocycles. The van der Waals surface area contributed by atoms with Crippen molar-refractivity contribution in [1.82, 2.24) is 5.32 Å². The zero-order valence-electron chi connectivity index (χ0n) is 10.9. The van der Waals surface area contributed by atoms with Gasteiger partial charge in [0, 0.05) is 0 Å². The van der Waals surface area contributed by atoms with Crippen LogP contribution in [-0.2, 0) is 0 Å². The second-order valence-corrected chi connectivity index (χ2v) is 5.22. The minimum atomic E-state index is -0.752. The maximum Gasteiger partial charge on any atom is 0.159 e. The monoisotopic (exact) mass is 253 g/mol. The lowest BCUT2D eigenvalue weighted by Crippen LogP contribution is -2.17. The Hall–Kier alpha value is -0.960. The molecule has 1 aromatic carbocycles.